The predicted octanol–water partition coefficient (Wildman–Crippen LogP) is 2.63. The molecule has 0 spiro atoms. The van der Waals surface area contributed by atoms with Gasteiger partial charge in [0, 0.05) is 29.4 Å². The molecule has 0 amide bonds. The van der Waals surface area contributed by atoms with Crippen LogP contribution in [-0.4, -0.2) is 16.3 Å². The van der Waals surface area contributed by atoms with Crippen LogP contribution in [0.2, 0.25) is 5.02 Å². The fraction of sp³-hybridized carbons (Fsp3) is 0.308. The lowest BCUT2D eigenvalue weighted by atomic mass is 10.0. The van der Waals surface area contributed by atoms with Crippen molar-refractivity contribution in [3.05, 3.63) is 41.2 Å². The zero-order valence-electron chi connectivity index (χ0n) is 9.86. The Kier molecular flexibility index (Phi) is 3.82. The quantitative estimate of drug-likeness (QED) is 0.905. The van der Waals surface area contributed by atoms with Gasteiger partial charge in [0.2, 0.25) is 0 Å². The van der Waals surface area contributed by atoms with Crippen molar-refractivity contribution in [3.8, 4) is 11.1 Å². The summed E-state index contributed by atoms with van der Waals surface area (Å²) in [6, 6.07) is 7.84. The number of hydrogen-bond donors (Lipinski definition) is 1. The predicted molar refractivity (Wildman–Crippen MR) is 71.0 cm³/mol. The normalized spacial score (nSPS) is 10.8. The van der Waals surface area contributed by atoms with Gasteiger partial charge < -0.3 is 5.73 Å². The van der Waals surface area contributed by atoms with Crippen molar-refractivity contribution in [1.29, 1.82) is 0 Å². The van der Waals surface area contributed by atoms with E-state index in [1.54, 1.807) is 0 Å². The maximum atomic E-state index is 6.21. The Bertz CT molecular complexity index is 505. The number of hydrogen-bond acceptors (Lipinski definition) is 2. The van der Waals surface area contributed by atoms with Crippen LogP contribution in [0.4, 0.5) is 0 Å². The van der Waals surface area contributed by atoms with Crippen molar-refractivity contribution >= 4 is 11.6 Å². The Morgan fingerprint density at radius 2 is 2.06 bits per heavy atom. The topological polar surface area (TPSA) is 43.8 Å². The third kappa shape index (κ3) is 2.68. The summed E-state index contributed by atoms with van der Waals surface area (Å²) >= 11 is 6.21. The first-order chi connectivity index (χ1) is 8.22. The molecule has 4 heteroatoms. The van der Waals surface area contributed by atoms with Crippen molar-refractivity contribution in [1.82, 2.24) is 9.78 Å². The Hall–Kier alpha value is -1.32. The monoisotopic (exact) mass is 249 g/mol. The molecule has 0 aliphatic carbocycles. The van der Waals surface area contributed by atoms with Crippen LogP contribution in [0.1, 0.15) is 12.1 Å². The molecule has 0 aliphatic heterocycles. The lowest BCUT2D eigenvalue weighted by Gasteiger charge is -2.03. The van der Waals surface area contributed by atoms with Crippen LogP contribution in [0.15, 0.2) is 30.5 Å². The molecule has 0 bridgehead atoms. The number of halogens is 1. The van der Waals surface area contributed by atoms with E-state index in [0.717, 1.165) is 34.7 Å². The van der Waals surface area contributed by atoms with Gasteiger partial charge in [0.1, 0.15) is 0 Å². The number of rotatable bonds is 4. The van der Waals surface area contributed by atoms with Crippen LogP contribution in [0, 0.1) is 0 Å². The molecule has 3 nitrogen and oxygen atoms in total. The smallest absolute Gasteiger partial charge is 0.0703 e. The summed E-state index contributed by atoms with van der Waals surface area (Å²) in [7, 11) is 1.92. The van der Waals surface area contributed by atoms with E-state index < -0.39 is 0 Å². The highest BCUT2D eigenvalue weighted by Gasteiger charge is 2.11. The molecule has 1 aromatic heterocycles. The third-order valence-electron chi connectivity index (χ3n) is 2.69. The average Bonchev–Trinajstić information content (AvgIpc) is 2.68. The average molecular weight is 250 g/mol. The summed E-state index contributed by atoms with van der Waals surface area (Å²) < 4.78 is 1.82. The summed E-state index contributed by atoms with van der Waals surface area (Å²) in [6.45, 7) is 0.679. The SMILES string of the molecule is Cn1cc(-c2ccccc2Cl)c(CCCN)n1. The van der Waals surface area contributed by atoms with E-state index in [1.807, 2.05) is 42.2 Å². The number of aromatic nitrogens is 2. The summed E-state index contributed by atoms with van der Waals surface area (Å²) in [5.74, 6) is 0. The van der Waals surface area contributed by atoms with Crippen molar-refractivity contribution in [2.24, 2.45) is 12.8 Å². The van der Waals surface area contributed by atoms with Crippen molar-refractivity contribution in [3.63, 3.8) is 0 Å². The fourth-order valence-corrected chi connectivity index (χ4v) is 2.13. The van der Waals surface area contributed by atoms with Crippen LogP contribution in [0.25, 0.3) is 11.1 Å². The number of benzene rings is 1. The summed E-state index contributed by atoms with van der Waals surface area (Å²) in [6.07, 6.45) is 3.83. The minimum Gasteiger partial charge on any atom is -0.330 e. The molecule has 2 aromatic rings. The second kappa shape index (κ2) is 5.34. The van der Waals surface area contributed by atoms with Gasteiger partial charge in [-0.3, -0.25) is 4.68 Å². The van der Waals surface area contributed by atoms with Crippen molar-refractivity contribution < 1.29 is 0 Å². The molecule has 0 unspecified atom stereocenters. The molecule has 0 atom stereocenters. The Morgan fingerprint density at radius 1 is 1.29 bits per heavy atom. The van der Waals surface area contributed by atoms with Gasteiger partial charge >= 0.3 is 0 Å². The Morgan fingerprint density at radius 3 is 2.76 bits per heavy atom. The highest BCUT2D eigenvalue weighted by molar-refractivity contribution is 6.33. The summed E-state index contributed by atoms with van der Waals surface area (Å²) in [4.78, 5) is 0. The molecule has 17 heavy (non-hydrogen) atoms. The van der Waals surface area contributed by atoms with Gasteiger partial charge in [0.05, 0.1) is 5.69 Å². The largest absolute Gasteiger partial charge is 0.330 e. The molecule has 0 saturated carbocycles. The van der Waals surface area contributed by atoms with E-state index in [0.29, 0.717) is 6.54 Å². The summed E-state index contributed by atoms with van der Waals surface area (Å²) in [5, 5.41) is 5.23. The molecular formula is C13H16ClN3. The highest BCUT2D eigenvalue weighted by atomic mass is 35.5. The molecule has 90 valence electrons. The molecule has 0 aliphatic rings. The molecular weight excluding hydrogens is 234 g/mol. The van der Waals surface area contributed by atoms with Gasteiger partial charge in [-0.1, -0.05) is 29.8 Å². The van der Waals surface area contributed by atoms with Crippen LogP contribution >= 0.6 is 11.6 Å². The second-order valence-electron chi connectivity index (χ2n) is 4.04. The van der Waals surface area contributed by atoms with E-state index >= 15 is 0 Å². The lowest BCUT2D eigenvalue weighted by molar-refractivity contribution is 0.723. The van der Waals surface area contributed by atoms with E-state index in [2.05, 4.69) is 5.10 Å². The van der Waals surface area contributed by atoms with Crippen LogP contribution in [0.3, 0.4) is 0 Å². The summed E-state index contributed by atoms with van der Waals surface area (Å²) in [5.41, 5.74) is 8.74. The minimum absolute atomic E-state index is 0.679. The molecule has 2 rings (SSSR count). The van der Waals surface area contributed by atoms with Crippen LogP contribution < -0.4 is 5.73 Å². The van der Waals surface area contributed by atoms with E-state index in [1.165, 1.54) is 0 Å². The van der Waals surface area contributed by atoms with Crippen LogP contribution in [-0.2, 0) is 13.5 Å². The van der Waals surface area contributed by atoms with E-state index in [9.17, 15) is 0 Å². The standard InChI is InChI=1S/C13H16ClN3/c1-17-9-11(13(16-17)7-4-8-15)10-5-2-3-6-12(10)14/h2-3,5-6,9H,4,7-8,15H2,1H3. The Labute approximate surface area is 106 Å². The van der Waals surface area contributed by atoms with Gasteiger partial charge in [-0.25, -0.2) is 0 Å². The zero-order chi connectivity index (χ0) is 12.3. The molecule has 0 saturated heterocycles. The highest BCUT2D eigenvalue weighted by Crippen LogP contribution is 2.30. The van der Waals surface area contributed by atoms with Gasteiger partial charge in [0.25, 0.3) is 0 Å². The Balaban J connectivity index is 2.41. The zero-order valence-corrected chi connectivity index (χ0v) is 10.6. The number of nitrogens with zero attached hydrogens (tertiary/aromatic N) is 2. The van der Waals surface area contributed by atoms with Gasteiger partial charge in [-0.2, -0.15) is 5.10 Å². The number of nitrogens with two attached hydrogens (primary N) is 1. The first-order valence-corrected chi connectivity index (χ1v) is 6.07. The maximum absolute atomic E-state index is 6.21. The van der Waals surface area contributed by atoms with E-state index in [4.69, 9.17) is 17.3 Å². The van der Waals surface area contributed by atoms with Gasteiger partial charge in [0.15, 0.2) is 0 Å². The third-order valence-corrected chi connectivity index (χ3v) is 3.02. The van der Waals surface area contributed by atoms with Gasteiger partial charge in [-0.15, -0.1) is 0 Å². The van der Waals surface area contributed by atoms with Gasteiger partial charge in [-0.05, 0) is 25.5 Å². The first kappa shape index (κ1) is 12.1. The molecule has 2 N–H and O–H groups in total. The minimum atomic E-state index is 0.679. The second-order valence-corrected chi connectivity index (χ2v) is 4.44. The molecule has 0 fully saturated rings. The number of aryl methyl sites for hydroxylation is 2. The maximum Gasteiger partial charge on any atom is 0.0703 e. The van der Waals surface area contributed by atoms with E-state index in [-0.39, 0.29) is 0 Å². The molecule has 1 aromatic carbocycles. The fourth-order valence-electron chi connectivity index (χ4n) is 1.89. The van der Waals surface area contributed by atoms with Crippen LogP contribution in [0.5, 0.6) is 0 Å². The first-order valence-electron chi connectivity index (χ1n) is 5.70. The van der Waals surface area contributed by atoms with Crippen molar-refractivity contribution in [2.45, 2.75) is 12.8 Å². The van der Waals surface area contributed by atoms with Crippen molar-refractivity contribution in [2.75, 3.05) is 6.54 Å². The lowest BCUT2D eigenvalue weighted by Crippen LogP contribution is -2.01. The molecule has 1 heterocycles. The molecule has 0 radical (unpaired) electrons.